The molecule has 1 aromatic carbocycles. The molecule has 94 valence electrons. The van der Waals surface area contributed by atoms with Gasteiger partial charge in [-0.05, 0) is 29.9 Å². The van der Waals surface area contributed by atoms with Gasteiger partial charge in [-0.25, -0.2) is 0 Å². The molecule has 0 atom stereocenters. The van der Waals surface area contributed by atoms with Gasteiger partial charge in [-0.1, -0.05) is 6.92 Å². The molecule has 0 bridgehead atoms. The van der Waals surface area contributed by atoms with Crippen LogP contribution in [-0.4, -0.2) is 28.4 Å². The molecule has 5 heteroatoms. The van der Waals surface area contributed by atoms with Gasteiger partial charge in [0, 0.05) is 13.5 Å². The van der Waals surface area contributed by atoms with Crippen LogP contribution in [0.25, 0.3) is 0 Å². The molecule has 1 rings (SSSR count). The second-order valence-corrected chi connectivity index (χ2v) is 4.93. The number of aromatic hydroxyl groups is 2. The molecule has 4 nitrogen and oxygen atoms in total. The van der Waals surface area contributed by atoms with Gasteiger partial charge in [0.2, 0.25) is 5.91 Å². The summed E-state index contributed by atoms with van der Waals surface area (Å²) in [5.41, 5.74) is 0.894. The van der Waals surface area contributed by atoms with E-state index in [1.807, 2.05) is 13.0 Å². The number of nitrogens with one attached hydrogen (secondary N) is 1. The van der Waals surface area contributed by atoms with E-state index in [4.69, 9.17) is 0 Å². The normalized spacial score (nSPS) is 10.2. The van der Waals surface area contributed by atoms with Crippen LogP contribution in [0.2, 0.25) is 0 Å². The molecule has 0 spiro atoms. The topological polar surface area (TPSA) is 69.6 Å². The van der Waals surface area contributed by atoms with Crippen molar-refractivity contribution in [2.24, 2.45) is 0 Å². The zero-order chi connectivity index (χ0) is 12.8. The van der Waals surface area contributed by atoms with Gasteiger partial charge >= 0.3 is 0 Å². The van der Waals surface area contributed by atoms with Gasteiger partial charge < -0.3 is 15.5 Å². The molecule has 0 unspecified atom stereocenters. The monoisotopic (exact) mass is 255 g/mol. The fraction of sp³-hybridized carbons (Fsp3) is 0.417. The van der Waals surface area contributed by atoms with Crippen molar-refractivity contribution in [1.82, 2.24) is 5.32 Å². The Bertz CT molecular complexity index is 407. The fourth-order valence-corrected chi connectivity index (χ4v) is 2.23. The smallest absolute Gasteiger partial charge is 0.216 e. The molecular weight excluding hydrogens is 238 g/mol. The van der Waals surface area contributed by atoms with Crippen LogP contribution < -0.4 is 5.32 Å². The summed E-state index contributed by atoms with van der Waals surface area (Å²) in [6, 6.07) is 3.36. The summed E-state index contributed by atoms with van der Waals surface area (Å²) < 4.78 is 0. The molecule has 0 saturated heterocycles. The van der Waals surface area contributed by atoms with Crippen molar-refractivity contribution < 1.29 is 15.0 Å². The predicted octanol–water partition coefficient (Wildman–Crippen LogP) is 1.89. The van der Waals surface area contributed by atoms with E-state index in [1.165, 1.54) is 24.8 Å². The number of hydrogen-bond donors (Lipinski definition) is 3. The van der Waals surface area contributed by atoms with E-state index in [1.54, 1.807) is 0 Å². The van der Waals surface area contributed by atoms with Crippen LogP contribution in [-0.2, 0) is 11.2 Å². The van der Waals surface area contributed by atoms with Gasteiger partial charge in [0.15, 0.2) is 11.5 Å². The van der Waals surface area contributed by atoms with Crippen molar-refractivity contribution in [1.29, 1.82) is 0 Å². The van der Waals surface area contributed by atoms with Gasteiger partial charge in [-0.2, -0.15) is 0 Å². The zero-order valence-electron chi connectivity index (χ0n) is 9.99. The molecule has 1 amide bonds. The Hall–Kier alpha value is -1.36. The van der Waals surface area contributed by atoms with E-state index in [0.717, 1.165) is 11.3 Å². The van der Waals surface area contributed by atoms with Crippen molar-refractivity contribution >= 4 is 17.7 Å². The zero-order valence-corrected chi connectivity index (χ0v) is 10.8. The first-order chi connectivity index (χ1) is 8.04. The first-order valence-corrected chi connectivity index (χ1v) is 6.45. The summed E-state index contributed by atoms with van der Waals surface area (Å²) >= 11 is 1.47. The summed E-state index contributed by atoms with van der Waals surface area (Å²) in [6.45, 7) is 3.97. The van der Waals surface area contributed by atoms with E-state index in [-0.39, 0.29) is 17.4 Å². The lowest BCUT2D eigenvalue weighted by molar-refractivity contribution is -0.118. The fourth-order valence-electron chi connectivity index (χ4n) is 1.44. The molecule has 0 aliphatic heterocycles. The predicted molar refractivity (Wildman–Crippen MR) is 68.6 cm³/mol. The van der Waals surface area contributed by atoms with Crippen LogP contribution >= 0.6 is 11.8 Å². The number of thioether (sulfide) groups is 1. The minimum atomic E-state index is -0.110. The average Bonchev–Trinajstić information content (AvgIpc) is 2.25. The highest BCUT2D eigenvalue weighted by atomic mass is 32.2. The molecule has 0 aromatic heterocycles. The standard InChI is InChI=1S/C12H17NO3S/c1-3-17-11-7-9(4-5-13-8(2)14)6-10(15)12(11)16/h6-7,15-16H,3-5H2,1-2H3,(H,13,14). The Morgan fingerprint density at radius 2 is 2.12 bits per heavy atom. The number of phenolic OH excluding ortho intramolecular Hbond substituents is 2. The third-order valence-electron chi connectivity index (χ3n) is 2.20. The van der Waals surface area contributed by atoms with Crippen LogP contribution in [0.3, 0.4) is 0 Å². The van der Waals surface area contributed by atoms with Gasteiger partial charge in [-0.3, -0.25) is 4.79 Å². The minimum Gasteiger partial charge on any atom is -0.504 e. The summed E-state index contributed by atoms with van der Waals surface area (Å²) in [6.07, 6.45) is 0.630. The van der Waals surface area contributed by atoms with Gasteiger partial charge in [0.1, 0.15) is 0 Å². The van der Waals surface area contributed by atoms with Crippen LogP contribution in [0, 0.1) is 0 Å². The summed E-state index contributed by atoms with van der Waals surface area (Å²) in [4.78, 5) is 11.4. The van der Waals surface area contributed by atoms with Crippen LogP contribution in [0.5, 0.6) is 11.5 Å². The van der Waals surface area contributed by atoms with Crippen LogP contribution in [0.1, 0.15) is 19.4 Å². The number of rotatable bonds is 5. The second-order valence-electron chi connectivity index (χ2n) is 3.63. The number of benzene rings is 1. The highest BCUT2D eigenvalue weighted by Gasteiger charge is 2.09. The van der Waals surface area contributed by atoms with E-state index in [2.05, 4.69) is 5.32 Å². The van der Waals surface area contributed by atoms with Gasteiger partial charge in [0.05, 0.1) is 4.90 Å². The third-order valence-corrected chi connectivity index (χ3v) is 3.11. The minimum absolute atomic E-state index is 0.0693. The molecule has 0 heterocycles. The molecule has 0 aliphatic carbocycles. The maximum absolute atomic E-state index is 10.7. The Morgan fingerprint density at radius 1 is 1.41 bits per heavy atom. The maximum Gasteiger partial charge on any atom is 0.216 e. The third kappa shape index (κ3) is 4.19. The number of carbonyl (C=O) groups excluding carboxylic acids is 1. The second kappa shape index (κ2) is 6.39. The molecule has 0 radical (unpaired) electrons. The average molecular weight is 255 g/mol. The van der Waals surface area contributed by atoms with Crippen molar-refractivity contribution in [2.75, 3.05) is 12.3 Å². The summed E-state index contributed by atoms with van der Waals surface area (Å²) in [5, 5.41) is 21.9. The Balaban J connectivity index is 2.75. The number of carbonyl (C=O) groups is 1. The lowest BCUT2D eigenvalue weighted by atomic mass is 10.1. The van der Waals surface area contributed by atoms with Crippen LogP contribution in [0.15, 0.2) is 17.0 Å². The first-order valence-electron chi connectivity index (χ1n) is 5.46. The molecule has 0 aliphatic rings. The maximum atomic E-state index is 10.7. The number of phenols is 2. The van der Waals surface area contributed by atoms with Crippen molar-refractivity contribution in [3.63, 3.8) is 0 Å². The molecular formula is C12H17NO3S. The summed E-state index contributed by atoms with van der Waals surface area (Å²) in [7, 11) is 0. The molecule has 0 fully saturated rings. The number of hydrogen-bond acceptors (Lipinski definition) is 4. The molecule has 0 saturated carbocycles. The van der Waals surface area contributed by atoms with Gasteiger partial charge in [0.25, 0.3) is 0 Å². The Morgan fingerprint density at radius 3 is 2.71 bits per heavy atom. The Labute approximate surface area is 105 Å². The van der Waals surface area contributed by atoms with E-state index < -0.39 is 0 Å². The molecule has 17 heavy (non-hydrogen) atoms. The first kappa shape index (κ1) is 13.7. The SMILES string of the molecule is CCSc1cc(CCNC(C)=O)cc(O)c1O. The van der Waals surface area contributed by atoms with E-state index in [9.17, 15) is 15.0 Å². The molecule has 1 aromatic rings. The van der Waals surface area contributed by atoms with E-state index >= 15 is 0 Å². The Kier molecular flexibility index (Phi) is 5.15. The van der Waals surface area contributed by atoms with Crippen LogP contribution in [0.4, 0.5) is 0 Å². The highest BCUT2D eigenvalue weighted by molar-refractivity contribution is 7.99. The quantitative estimate of drug-likeness (QED) is 0.555. The largest absolute Gasteiger partial charge is 0.504 e. The van der Waals surface area contributed by atoms with Gasteiger partial charge in [-0.15, -0.1) is 11.8 Å². The van der Waals surface area contributed by atoms with Crippen molar-refractivity contribution in [2.45, 2.75) is 25.2 Å². The molecule has 3 N–H and O–H groups in total. The lowest BCUT2D eigenvalue weighted by Crippen LogP contribution is -2.22. The number of amides is 1. The summed E-state index contributed by atoms with van der Waals surface area (Å²) in [5.74, 6) is 0.569. The lowest BCUT2D eigenvalue weighted by Gasteiger charge is -2.09. The highest BCUT2D eigenvalue weighted by Crippen LogP contribution is 2.37. The van der Waals surface area contributed by atoms with Crippen molar-refractivity contribution in [3.05, 3.63) is 17.7 Å². The van der Waals surface area contributed by atoms with Crippen molar-refractivity contribution in [3.8, 4) is 11.5 Å². The van der Waals surface area contributed by atoms with E-state index in [0.29, 0.717) is 17.9 Å².